The Kier molecular flexibility index (Phi) is 10.4. The van der Waals surface area contributed by atoms with Crippen molar-refractivity contribution in [1.29, 1.82) is 0 Å². The summed E-state index contributed by atoms with van der Waals surface area (Å²) in [5.74, 6) is 4.22. The molecule has 0 spiro atoms. The van der Waals surface area contributed by atoms with Crippen LogP contribution in [0.15, 0.2) is 60.3 Å². The van der Waals surface area contributed by atoms with Crippen molar-refractivity contribution in [1.82, 2.24) is 10.8 Å². The zero-order valence-electron chi connectivity index (χ0n) is 27.2. The summed E-state index contributed by atoms with van der Waals surface area (Å²) in [6.45, 7) is 9.85. The van der Waals surface area contributed by atoms with E-state index < -0.39 is 42.6 Å². The van der Waals surface area contributed by atoms with Crippen LogP contribution in [0.2, 0.25) is 0 Å². The highest BCUT2D eigenvalue weighted by molar-refractivity contribution is 7.86. The monoisotopic (exact) mass is 691 g/mol. The molecule has 14 nitrogen and oxygen atoms in total. The van der Waals surface area contributed by atoms with Crippen molar-refractivity contribution in [2.24, 2.45) is 5.90 Å². The first kappa shape index (κ1) is 36.2. The summed E-state index contributed by atoms with van der Waals surface area (Å²) in [4.78, 5) is 18.5. The molecular weight excluding hydrogens is 649 g/mol. The van der Waals surface area contributed by atoms with E-state index in [4.69, 9.17) is 5.90 Å². The van der Waals surface area contributed by atoms with Crippen LogP contribution >= 0.6 is 0 Å². The number of benzene rings is 2. The van der Waals surface area contributed by atoms with Gasteiger partial charge >= 0.3 is 6.03 Å². The van der Waals surface area contributed by atoms with Crippen LogP contribution in [-0.4, -0.2) is 73.9 Å². The Morgan fingerprint density at radius 1 is 1.02 bits per heavy atom. The van der Waals surface area contributed by atoms with Crippen molar-refractivity contribution in [2.75, 3.05) is 41.9 Å². The van der Waals surface area contributed by atoms with Gasteiger partial charge in [-0.2, -0.15) is 32.8 Å². The number of amides is 2. The fourth-order valence-corrected chi connectivity index (χ4v) is 7.03. The van der Waals surface area contributed by atoms with Crippen molar-refractivity contribution in [2.45, 2.75) is 51.5 Å². The smallest absolute Gasteiger partial charge is 0.318 e. The summed E-state index contributed by atoms with van der Waals surface area (Å²) < 4.78 is 68.1. The predicted molar refractivity (Wildman–Crippen MR) is 181 cm³/mol. The molecule has 0 radical (unpaired) electrons. The molecule has 4 rings (SSSR count). The Bertz CT molecular complexity index is 1870. The van der Waals surface area contributed by atoms with Gasteiger partial charge < -0.3 is 15.5 Å². The summed E-state index contributed by atoms with van der Waals surface area (Å²) in [5.41, 5.74) is 7.73. The second kappa shape index (κ2) is 13.5. The number of urea groups is 1. The molecule has 16 heteroatoms. The second-order valence-electron chi connectivity index (χ2n) is 12.6. The number of rotatable bonds is 12. The SMILES string of the molecule is CNC(=O)Nc1ccc2c(c1)C(C)(C)C(C=C/C=C1/N(CCS(=O)(=O)O)c3ccc(C(C)NON)cc3C1(C)C)=[N+]2CCS(=O)(=O)O. The Hall–Kier alpha value is -3.64. The van der Waals surface area contributed by atoms with Crippen LogP contribution in [0.25, 0.3) is 0 Å². The first-order valence-electron chi connectivity index (χ1n) is 14.9. The number of nitrogens with one attached hydrogen (secondary N) is 3. The quantitative estimate of drug-likeness (QED) is 0.108. The summed E-state index contributed by atoms with van der Waals surface area (Å²) in [7, 11) is -7.02. The van der Waals surface area contributed by atoms with E-state index in [9.17, 15) is 30.7 Å². The summed E-state index contributed by atoms with van der Waals surface area (Å²) in [6.07, 6.45) is 5.56. The standard InChI is InChI=1S/C31H42N6O8S2/c1-20(35-45-32)21-10-12-25-23(18-21)30(2,3)27(36(25)14-16-46(39,40)41)8-7-9-28-31(4,5)24-19-22(34-29(38)33-6)11-13-26(24)37(28)15-17-47(42,43)44/h7-13,18-20,35H,14-17,32H2,1-6H3,(H3-,33,34,38,39,40,41,42,43,44)/p+1. The van der Waals surface area contributed by atoms with Crippen molar-refractivity contribution >= 4 is 49.0 Å². The normalized spacial score (nSPS) is 18.5. The lowest BCUT2D eigenvalue weighted by molar-refractivity contribution is -0.432. The average Bonchev–Trinajstić information content (AvgIpc) is 3.32. The van der Waals surface area contributed by atoms with Crippen LogP contribution in [-0.2, 0) is 36.0 Å². The molecule has 47 heavy (non-hydrogen) atoms. The number of anilines is 2. The van der Waals surface area contributed by atoms with Gasteiger partial charge in [0, 0.05) is 53.8 Å². The summed E-state index contributed by atoms with van der Waals surface area (Å²) >= 11 is 0. The van der Waals surface area contributed by atoms with Crippen LogP contribution in [0.1, 0.15) is 57.4 Å². The highest BCUT2D eigenvalue weighted by Crippen LogP contribution is 2.48. The van der Waals surface area contributed by atoms with Gasteiger partial charge in [-0.25, -0.2) is 9.73 Å². The van der Waals surface area contributed by atoms with E-state index in [1.165, 1.54) is 7.05 Å². The average molecular weight is 692 g/mol. The third kappa shape index (κ3) is 7.92. The number of nitrogens with zero attached hydrogens (tertiary/aromatic N) is 2. The molecule has 0 saturated heterocycles. The van der Waals surface area contributed by atoms with Gasteiger partial charge in [-0.3, -0.25) is 9.11 Å². The number of hydrogen-bond acceptors (Lipinski definition) is 9. The van der Waals surface area contributed by atoms with E-state index in [0.717, 1.165) is 39.5 Å². The molecule has 0 saturated carbocycles. The Labute approximate surface area is 275 Å². The minimum absolute atomic E-state index is 0.00308. The van der Waals surface area contributed by atoms with Gasteiger partial charge in [-0.05, 0) is 56.2 Å². The van der Waals surface area contributed by atoms with Gasteiger partial charge in [-0.15, -0.1) is 0 Å². The zero-order valence-corrected chi connectivity index (χ0v) is 28.9. The molecular formula is C31H43N6O8S2+. The molecule has 256 valence electrons. The highest BCUT2D eigenvalue weighted by Gasteiger charge is 2.45. The Morgan fingerprint density at radius 2 is 1.70 bits per heavy atom. The molecule has 2 heterocycles. The minimum Gasteiger partial charge on any atom is -0.343 e. The van der Waals surface area contributed by atoms with Gasteiger partial charge in [0.2, 0.25) is 5.69 Å². The van der Waals surface area contributed by atoms with Gasteiger partial charge in [0.1, 0.15) is 5.75 Å². The van der Waals surface area contributed by atoms with Crippen molar-refractivity contribution in [3.63, 3.8) is 0 Å². The molecule has 0 aromatic heterocycles. The van der Waals surface area contributed by atoms with Crippen molar-refractivity contribution in [3.05, 3.63) is 77.0 Å². The lowest BCUT2D eigenvalue weighted by atomic mass is 9.81. The number of carbonyl (C=O) groups excluding carboxylic acids is 1. The second-order valence-corrected chi connectivity index (χ2v) is 15.7. The van der Waals surface area contributed by atoms with Crippen molar-refractivity contribution in [3.8, 4) is 0 Å². The molecule has 2 aromatic carbocycles. The maximum atomic E-state index is 12.0. The minimum atomic E-state index is -4.27. The highest BCUT2D eigenvalue weighted by atomic mass is 32.2. The van der Waals surface area contributed by atoms with Crippen LogP contribution in [0.5, 0.6) is 0 Å². The number of hydrogen-bond donors (Lipinski definition) is 6. The number of fused-ring (bicyclic) bond motifs is 2. The third-order valence-electron chi connectivity index (χ3n) is 8.69. The molecule has 0 aliphatic carbocycles. The topological polar surface area (TPSA) is 203 Å². The fraction of sp³-hybridized carbons (Fsp3) is 0.419. The van der Waals surface area contributed by atoms with Gasteiger partial charge in [0.15, 0.2) is 12.3 Å². The van der Waals surface area contributed by atoms with E-state index in [-0.39, 0.29) is 25.2 Å². The number of carbonyl (C=O) groups is 1. The molecule has 7 N–H and O–H groups in total. The van der Waals surface area contributed by atoms with E-state index in [2.05, 4.69) is 21.1 Å². The number of allylic oxidation sites excluding steroid dienone is 4. The molecule has 0 bridgehead atoms. The third-order valence-corrected chi connectivity index (χ3v) is 10.1. The maximum Gasteiger partial charge on any atom is 0.318 e. The van der Waals surface area contributed by atoms with E-state index in [1.54, 1.807) is 12.1 Å². The van der Waals surface area contributed by atoms with Gasteiger partial charge in [0.25, 0.3) is 20.2 Å². The fourth-order valence-electron chi connectivity index (χ4n) is 6.20. The molecule has 2 aromatic rings. The zero-order chi connectivity index (χ0) is 34.9. The number of hydroxylamine groups is 1. The first-order valence-corrected chi connectivity index (χ1v) is 18.1. The summed E-state index contributed by atoms with van der Waals surface area (Å²) in [6, 6.07) is 10.5. The molecule has 0 fully saturated rings. The van der Waals surface area contributed by atoms with Crippen LogP contribution < -0.4 is 26.9 Å². The molecule has 1 unspecified atom stereocenters. The molecule has 1 atom stereocenters. The predicted octanol–water partition coefficient (Wildman–Crippen LogP) is 3.28. The van der Waals surface area contributed by atoms with E-state index in [1.807, 2.05) is 86.6 Å². The lowest BCUT2D eigenvalue weighted by Crippen LogP contribution is -2.30. The van der Waals surface area contributed by atoms with Crippen LogP contribution in [0.3, 0.4) is 0 Å². The Morgan fingerprint density at radius 3 is 2.32 bits per heavy atom. The van der Waals surface area contributed by atoms with Gasteiger partial charge in [-0.1, -0.05) is 32.1 Å². The van der Waals surface area contributed by atoms with Crippen LogP contribution in [0.4, 0.5) is 21.9 Å². The summed E-state index contributed by atoms with van der Waals surface area (Å²) in [5, 5.41) is 5.28. The first-order chi connectivity index (χ1) is 21.8. The molecule has 2 aliphatic heterocycles. The van der Waals surface area contributed by atoms with E-state index in [0.29, 0.717) is 5.69 Å². The molecule has 2 amide bonds. The Balaban J connectivity index is 1.80. The lowest BCUT2D eigenvalue weighted by Gasteiger charge is -2.26. The molecule has 2 aliphatic rings. The van der Waals surface area contributed by atoms with E-state index >= 15 is 0 Å². The maximum absolute atomic E-state index is 12.0. The van der Waals surface area contributed by atoms with Crippen molar-refractivity contribution < 1.29 is 40.2 Å². The largest absolute Gasteiger partial charge is 0.343 e. The van der Waals surface area contributed by atoms with Crippen LogP contribution in [0, 0.1) is 0 Å². The van der Waals surface area contributed by atoms with Gasteiger partial charge in [0.05, 0.1) is 17.2 Å². The number of nitrogens with two attached hydrogens (primary N) is 1.